The number of amides is 1. The van der Waals surface area contributed by atoms with Crippen LogP contribution in [0.2, 0.25) is 0 Å². The van der Waals surface area contributed by atoms with Gasteiger partial charge in [0.25, 0.3) is 0 Å². The standard InChI is InChI=1S/C8H15NO2/c1-4-7(3)9-8(10)6-11-5-2/h4,7H,1,5-6H2,2-3H3,(H,9,10). The normalized spacial score (nSPS) is 12.2. The summed E-state index contributed by atoms with van der Waals surface area (Å²) in [7, 11) is 0. The van der Waals surface area contributed by atoms with Crippen molar-refractivity contribution in [3.63, 3.8) is 0 Å². The molecule has 3 heteroatoms. The first-order valence-corrected chi connectivity index (χ1v) is 3.70. The molecule has 64 valence electrons. The fraction of sp³-hybridized carbons (Fsp3) is 0.625. The fourth-order valence-electron chi connectivity index (χ4n) is 0.549. The summed E-state index contributed by atoms with van der Waals surface area (Å²) in [6, 6.07) is 0.0166. The maximum atomic E-state index is 10.9. The van der Waals surface area contributed by atoms with Crippen molar-refractivity contribution in [2.24, 2.45) is 0 Å². The van der Waals surface area contributed by atoms with Crippen molar-refractivity contribution >= 4 is 5.91 Å². The van der Waals surface area contributed by atoms with Gasteiger partial charge in [-0.25, -0.2) is 0 Å². The van der Waals surface area contributed by atoms with E-state index in [-0.39, 0.29) is 18.6 Å². The Hall–Kier alpha value is -0.830. The Kier molecular flexibility index (Phi) is 5.47. The molecule has 1 N–H and O–H groups in total. The van der Waals surface area contributed by atoms with Crippen molar-refractivity contribution in [1.82, 2.24) is 5.32 Å². The van der Waals surface area contributed by atoms with Crippen LogP contribution in [0, 0.1) is 0 Å². The molecule has 11 heavy (non-hydrogen) atoms. The average Bonchev–Trinajstić information content (AvgIpc) is 2.00. The summed E-state index contributed by atoms with van der Waals surface area (Å²) in [5.41, 5.74) is 0. The van der Waals surface area contributed by atoms with Gasteiger partial charge in [0.2, 0.25) is 5.91 Å². The molecule has 1 atom stereocenters. The van der Waals surface area contributed by atoms with Crippen LogP contribution in [0.4, 0.5) is 0 Å². The molecule has 0 saturated heterocycles. The smallest absolute Gasteiger partial charge is 0.246 e. The lowest BCUT2D eigenvalue weighted by Crippen LogP contribution is -2.33. The minimum absolute atomic E-state index is 0.0166. The molecule has 0 aliphatic rings. The summed E-state index contributed by atoms with van der Waals surface area (Å²) >= 11 is 0. The van der Waals surface area contributed by atoms with Gasteiger partial charge in [-0.2, -0.15) is 0 Å². The molecule has 0 radical (unpaired) electrons. The van der Waals surface area contributed by atoms with E-state index in [0.717, 1.165) is 0 Å². The highest BCUT2D eigenvalue weighted by Gasteiger charge is 2.02. The zero-order valence-electron chi connectivity index (χ0n) is 7.09. The maximum absolute atomic E-state index is 10.9. The molecule has 0 aromatic carbocycles. The zero-order chi connectivity index (χ0) is 8.69. The minimum Gasteiger partial charge on any atom is -0.372 e. The Balaban J connectivity index is 3.43. The van der Waals surface area contributed by atoms with Gasteiger partial charge in [0.05, 0.1) is 0 Å². The van der Waals surface area contributed by atoms with Crippen molar-refractivity contribution in [3.05, 3.63) is 12.7 Å². The van der Waals surface area contributed by atoms with Crippen LogP contribution < -0.4 is 5.32 Å². The van der Waals surface area contributed by atoms with E-state index in [2.05, 4.69) is 11.9 Å². The van der Waals surface area contributed by atoms with Gasteiger partial charge in [-0.15, -0.1) is 6.58 Å². The van der Waals surface area contributed by atoms with E-state index < -0.39 is 0 Å². The number of hydrogen-bond acceptors (Lipinski definition) is 2. The summed E-state index contributed by atoms with van der Waals surface area (Å²) in [5, 5.41) is 2.68. The van der Waals surface area contributed by atoms with Crippen LogP contribution >= 0.6 is 0 Å². The van der Waals surface area contributed by atoms with Crippen LogP contribution in [0.1, 0.15) is 13.8 Å². The van der Waals surface area contributed by atoms with Crippen molar-refractivity contribution < 1.29 is 9.53 Å². The highest BCUT2D eigenvalue weighted by Crippen LogP contribution is 1.82. The molecular formula is C8H15NO2. The third-order valence-corrected chi connectivity index (χ3v) is 1.18. The molecule has 0 saturated carbocycles. The lowest BCUT2D eigenvalue weighted by molar-refractivity contribution is -0.125. The Bertz CT molecular complexity index is 134. The summed E-state index contributed by atoms with van der Waals surface area (Å²) in [6.45, 7) is 7.95. The van der Waals surface area contributed by atoms with E-state index >= 15 is 0 Å². The van der Waals surface area contributed by atoms with Crippen molar-refractivity contribution in [1.29, 1.82) is 0 Å². The van der Waals surface area contributed by atoms with E-state index in [1.807, 2.05) is 13.8 Å². The zero-order valence-corrected chi connectivity index (χ0v) is 7.09. The number of carbonyl (C=O) groups is 1. The van der Waals surface area contributed by atoms with Crippen LogP contribution in [0.3, 0.4) is 0 Å². The van der Waals surface area contributed by atoms with Crippen molar-refractivity contribution in [2.75, 3.05) is 13.2 Å². The molecule has 3 nitrogen and oxygen atoms in total. The highest BCUT2D eigenvalue weighted by atomic mass is 16.5. The van der Waals surface area contributed by atoms with Gasteiger partial charge in [0.1, 0.15) is 6.61 Å². The molecule has 0 bridgehead atoms. The van der Waals surface area contributed by atoms with Gasteiger partial charge in [0, 0.05) is 12.6 Å². The quantitative estimate of drug-likeness (QED) is 0.597. The van der Waals surface area contributed by atoms with Crippen LogP contribution in [0.25, 0.3) is 0 Å². The van der Waals surface area contributed by atoms with E-state index in [0.29, 0.717) is 6.61 Å². The molecule has 1 amide bonds. The second-order valence-corrected chi connectivity index (χ2v) is 2.23. The lowest BCUT2D eigenvalue weighted by atomic mass is 10.3. The Morgan fingerprint density at radius 3 is 2.91 bits per heavy atom. The van der Waals surface area contributed by atoms with Gasteiger partial charge >= 0.3 is 0 Å². The third-order valence-electron chi connectivity index (χ3n) is 1.18. The van der Waals surface area contributed by atoms with Crippen molar-refractivity contribution in [2.45, 2.75) is 19.9 Å². The lowest BCUT2D eigenvalue weighted by Gasteiger charge is -2.08. The first kappa shape index (κ1) is 10.2. The largest absolute Gasteiger partial charge is 0.372 e. The number of hydrogen-bond donors (Lipinski definition) is 1. The molecule has 0 rings (SSSR count). The fourth-order valence-corrected chi connectivity index (χ4v) is 0.549. The number of ether oxygens (including phenoxy) is 1. The Labute approximate surface area is 67.4 Å². The van der Waals surface area contributed by atoms with E-state index in [1.165, 1.54) is 0 Å². The van der Waals surface area contributed by atoms with Gasteiger partial charge in [0.15, 0.2) is 0 Å². The summed E-state index contributed by atoms with van der Waals surface area (Å²) in [6.07, 6.45) is 1.67. The SMILES string of the molecule is C=CC(C)NC(=O)COCC. The third kappa shape index (κ3) is 5.61. The summed E-state index contributed by atoms with van der Waals surface area (Å²) in [5.74, 6) is -0.0979. The topological polar surface area (TPSA) is 38.3 Å². The molecule has 0 fully saturated rings. The molecule has 0 aliphatic heterocycles. The summed E-state index contributed by atoms with van der Waals surface area (Å²) < 4.78 is 4.89. The first-order valence-electron chi connectivity index (χ1n) is 3.70. The number of nitrogens with one attached hydrogen (secondary N) is 1. The second kappa shape index (κ2) is 5.92. The van der Waals surface area contributed by atoms with E-state index in [9.17, 15) is 4.79 Å². The van der Waals surface area contributed by atoms with E-state index in [4.69, 9.17) is 4.74 Å². The molecule has 0 aromatic heterocycles. The minimum atomic E-state index is -0.0979. The maximum Gasteiger partial charge on any atom is 0.246 e. The average molecular weight is 157 g/mol. The van der Waals surface area contributed by atoms with Crippen LogP contribution in [0.15, 0.2) is 12.7 Å². The second-order valence-electron chi connectivity index (χ2n) is 2.23. The highest BCUT2D eigenvalue weighted by molar-refractivity contribution is 5.77. The Morgan fingerprint density at radius 2 is 2.45 bits per heavy atom. The van der Waals surface area contributed by atoms with Crippen molar-refractivity contribution in [3.8, 4) is 0 Å². The monoisotopic (exact) mass is 157 g/mol. The first-order chi connectivity index (χ1) is 5.20. The van der Waals surface area contributed by atoms with Crippen LogP contribution in [-0.2, 0) is 9.53 Å². The number of rotatable bonds is 5. The molecule has 0 spiro atoms. The number of carbonyl (C=O) groups excluding carboxylic acids is 1. The molecule has 0 heterocycles. The Morgan fingerprint density at radius 1 is 1.82 bits per heavy atom. The van der Waals surface area contributed by atoms with Crippen LogP contribution in [0.5, 0.6) is 0 Å². The molecule has 0 aliphatic carbocycles. The van der Waals surface area contributed by atoms with Crippen LogP contribution in [-0.4, -0.2) is 25.2 Å². The summed E-state index contributed by atoms with van der Waals surface area (Å²) in [4.78, 5) is 10.9. The molecular weight excluding hydrogens is 142 g/mol. The molecule has 1 unspecified atom stereocenters. The van der Waals surface area contributed by atoms with Gasteiger partial charge in [-0.1, -0.05) is 6.08 Å². The predicted octanol–water partition coefficient (Wildman–Crippen LogP) is 0.714. The predicted molar refractivity (Wildman–Crippen MR) is 44.3 cm³/mol. The van der Waals surface area contributed by atoms with Gasteiger partial charge < -0.3 is 10.1 Å². The van der Waals surface area contributed by atoms with Gasteiger partial charge in [-0.3, -0.25) is 4.79 Å². The van der Waals surface area contributed by atoms with Gasteiger partial charge in [-0.05, 0) is 13.8 Å². The molecule has 0 aromatic rings. The van der Waals surface area contributed by atoms with E-state index in [1.54, 1.807) is 6.08 Å².